The van der Waals surface area contributed by atoms with Crippen LogP contribution in [-0.4, -0.2) is 23.4 Å². The van der Waals surface area contributed by atoms with Gasteiger partial charge in [-0.05, 0) is 36.7 Å². The highest BCUT2D eigenvalue weighted by Gasteiger charge is 2.17. The van der Waals surface area contributed by atoms with Crippen molar-refractivity contribution in [3.05, 3.63) is 46.7 Å². The lowest BCUT2D eigenvalue weighted by Crippen LogP contribution is -2.23. The molecule has 2 aromatic rings. The van der Waals surface area contributed by atoms with E-state index in [1.807, 2.05) is 42.2 Å². The second-order valence-electron chi connectivity index (χ2n) is 4.70. The fraction of sp³-hybridized carbons (Fsp3) is 0.400. The molecule has 0 aliphatic carbocycles. The summed E-state index contributed by atoms with van der Waals surface area (Å²) in [6, 6.07) is 7.90. The third kappa shape index (κ3) is 3.32. The van der Waals surface area contributed by atoms with Gasteiger partial charge in [0.15, 0.2) is 0 Å². The van der Waals surface area contributed by atoms with E-state index in [9.17, 15) is 0 Å². The third-order valence-electron chi connectivity index (χ3n) is 3.14. The highest BCUT2D eigenvalue weighted by molar-refractivity contribution is 6.32. The molecule has 0 bridgehead atoms. The summed E-state index contributed by atoms with van der Waals surface area (Å²) in [5.74, 6) is 0.684. The molecule has 0 saturated heterocycles. The fourth-order valence-electron chi connectivity index (χ4n) is 2.12. The Labute approximate surface area is 124 Å². The Hall–Kier alpha value is -1.52. The molecule has 1 N–H and O–H groups in total. The lowest BCUT2D eigenvalue weighted by atomic mass is 10.0. The van der Waals surface area contributed by atoms with E-state index >= 15 is 0 Å². The molecule has 1 heterocycles. The molecule has 2 rings (SSSR count). The SMILES string of the molecule is CCCNC(c1ccc(Cl)c(OC)c1)c1ccn(C)n1. The Bertz CT molecular complexity index is 568. The van der Waals surface area contributed by atoms with Crippen LogP contribution < -0.4 is 10.1 Å². The van der Waals surface area contributed by atoms with Crippen molar-refractivity contribution < 1.29 is 4.74 Å². The number of rotatable bonds is 6. The first-order valence-electron chi connectivity index (χ1n) is 6.72. The van der Waals surface area contributed by atoms with E-state index in [2.05, 4.69) is 17.3 Å². The Kier molecular flexibility index (Phi) is 5.04. The highest BCUT2D eigenvalue weighted by Crippen LogP contribution is 2.30. The molecule has 20 heavy (non-hydrogen) atoms. The standard InChI is InChI=1S/C15H20ClN3O/c1-4-8-17-15(13-7-9-19(2)18-13)11-5-6-12(16)14(10-11)20-3/h5-7,9-10,15,17H,4,8H2,1-3H3. The van der Waals surface area contributed by atoms with Crippen LogP contribution >= 0.6 is 11.6 Å². The summed E-state index contributed by atoms with van der Waals surface area (Å²) >= 11 is 6.09. The number of hydrogen-bond acceptors (Lipinski definition) is 3. The summed E-state index contributed by atoms with van der Waals surface area (Å²) in [5, 5.41) is 8.63. The predicted octanol–water partition coefficient (Wildman–Crippen LogP) is 3.17. The molecule has 1 aromatic heterocycles. The van der Waals surface area contributed by atoms with Crippen LogP contribution in [0.5, 0.6) is 5.75 Å². The molecule has 1 atom stereocenters. The van der Waals surface area contributed by atoms with Crippen LogP contribution in [0.1, 0.15) is 30.6 Å². The van der Waals surface area contributed by atoms with Crippen LogP contribution in [0.4, 0.5) is 0 Å². The topological polar surface area (TPSA) is 39.1 Å². The van der Waals surface area contributed by atoms with Gasteiger partial charge in [0, 0.05) is 13.2 Å². The monoisotopic (exact) mass is 293 g/mol. The average Bonchev–Trinajstić information content (AvgIpc) is 2.87. The Morgan fingerprint density at radius 3 is 2.80 bits per heavy atom. The van der Waals surface area contributed by atoms with Gasteiger partial charge in [-0.3, -0.25) is 4.68 Å². The van der Waals surface area contributed by atoms with Crippen molar-refractivity contribution in [1.29, 1.82) is 0 Å². The summed E-state index contributed by atoms with van der Waals surface area (Å²) in [6.45, 7) is 3.07. The van der Waals surface area contributed by atoms with E-state index in [1.165, 1.54) is 0 Å². The molecule has 0 fully saturated rings. The molecule has 0 spiro atoms. The minimum atomic E-state index is 0.0438. The Morgan fingerprint density at radius 2 is 2.20 bits per heavy atom. The summed E-state index contributed by atoms with van der Waals surface area (Å²) < 4.78 is 7.10. The van der Waals surface area contributed by atoms with Crippen LogP contribution in [0.25, 0.3) is 0 Å². The molecule has 0 amide bonds. The number of ether oxygens (including phenoxy) is 1. The minimum absolute atomic E-state index is 0.0438. The van der Waals surface area contributed by atoms with Gasteiger partial charge < -0.3 is 10.1 Å². The minimum Gasteiger partial charge on any atom is -0.495 e. The molecule has 1 unspecified atom stereocenters. The second-order valence-corrected chi connectivity index (χ2v) is 5.10. The van der Waals surface area contributed by atoms with Gasteiger partial charge in [0.25, 0.3) is 0 Å². The zero-order valence-electron chi connectivity index (χ0n) is 12.1. The number of nitrogens with zero attached hydrogens (tertiary/aromatic N) is 2. The maximum absolute atomic E-state index is 6.09. The number of hydrogen-bond donors (Lipinski definition) is 1. The van der Waals surface area contributed by atoms with Crippen molar-refractivity contribution in [2.45, 2.75) is 19.4 Å². The zero-order chi connectivity index (χ0) is 14.5. The van der Waals surface area contributed by atoms with Gasteiger partial charge in [-0.25, -0.2) is 0 Å². The van der Waals surface area contributed by atoms with Gasteiger partial charge in [-0.1, -0.05) is 24.6 Å². The normalized spacial score (nSPS) is 12.4. The van der Waals surface area contributed by atoms with Crippen LogP contribution in [0.3, 0.4) is 0 Å². The molecule has 5 heteroatoms. The molecular weight excluding hydrogens is 274 g/mol. The second kappa shape index (κ2) is 6.77. The zero-order valence-corrected chi connectivity index (χ0v) is 12.8. The fourth-order valence-corrected chi connectivity index (χ4v) is 2.32. The highest BCUT2D eigenvalue weighted by atomic mass is 35.5. The van der Waals surface area contributed by atoms with Gasteiger partial charge in [0.2, 0.25) is 0 Å². The smallest absolute Gasteiger partial charge is 0.137 e. The molecule has 0 aliphatic heterocycles. The molecule has 0 aliphatic rings. The van der Waals surface area contributed by atoms with E-state index in [0.717, 1.165) is 24.2 Å². The predicted molar refractivity (Wildman–Crippen MR) is 81.3 cm³/mol. The molecule has 0 saturated carbocycles. The summed E-state index contributed by atoms with van der Waals surface area (Å²) in [6.07, 6.45) is 3.01. The largest absolute Gasteiger partial charge is 0.495 e. The van der Waals surface area contributed by atoms with Crippen LogP contribution in [0.2, 0.25) is 5.02 Å². The molecule has 108 valence electrons. The first-order chi connectivity index (χ1) is 9.65. The van der Waals surface area contributed by atoms with E-state index in [4.69, 9.17) is 16.3 Å². The molecule has 4 nitrogen and oxygen atoms in total. The molecular formula is C15H20ClN3O. The summed E-state index contributed by atoms with van der Waals surface area (Å²) in [4.78, 5) is 0. The first kappa shape index (κ1) is 14.9. The van der Waals surface area contributed by atoms with Gasteiger partial charge >= 0.3 is 0 Å². The summed E-state index contributed by atoms with van der Waals surface area (Å²) in [5.41, 5.74) is 2.09. The average molecular weight is 294 g/mol. The van der Waals surface area contributed by atoms with Crippen LogP contribution in [0.15, 0.2) is 30.5 Å². The third-order valence-corrected chi connectivity index (χ3v) is 3.45. The molecule has 0 radical (unpaired) electrons. The first-order valence-corrected chi connectivity index (χ1v) is 7.10. The van der Waals surface area contributed by atoms with E-state index in [-0.39, 0.29) is 6.04 Å². The van der Waals surface area contributed by atoms with Gasteiger partial charge in [-0.2, -0.15) is 5.10 Å². The van der Waals surface area contributed by atoms with Gasteiger partial charge in [-0.15, -0.1) is 0 Å². The van der Waals surface area contributed by atoms with Crippen LogP contribution in [0, 0.1) is 0 Å². The number of aromatic nitrogens is 2. The Morgan fingerprint density at radius 1 is 1.40 bits per heavy atom. The van der Waals surface area contributed by atoms with Crippen molar-refractivity contribution in [3.8, 4) is 5.75 Å². The van der Waals surface area contributed by atoms with Crippen molar-refractivity contribution in [1.82, 2.24) is 15.1 Å². The van der Waals surface area contributed by atoms with E-state index in [0.29, 0.717) is 10.8 Å². The summed E-state index contributed by atoms with van der Waals surface area (Å²) in [7, 11) is 3.54. The maximum atomic E-state index is 6.09. The number of nitrogens with one attached hydrogen (secondary N) is 1. The Balaban J connectivity index is 2.35. The lowest BCUT2D eigenvalue weighted by molar-refractivity contribution is 0.413. The van der Waals surface area contributed by atoms with Crippen molar-refractivity contribution in [2.24, 2.45) is 7.05 Å². The van der Waals surface area contributed by atoms with E-state index in [1.54, 1.807) is 7.11 Å². The maximum Gasteiger partial charge on any atom is 0.137 e. The number of benzene rings is 1. The van der Waals surface area contributed by atoms with Crippen molar-refractivity contribution in [2.75, 3.05) is 13.7 Å². The van der Waals surface area contributed by atoms with Crippen molar-refractivity contribution >= 4 is 11.6 Å². The lowest BCUT2D eigenvalue weighted by Gasteiger charge is -2.18. The number of aryl methyl sites for hydroxylation is 1. The quantitative estimate of drug-likeness (QED) is 0.889. The van der Waals surface area contributed by atoms with E-state index < -0.39 is 0 Å². The van der Waals surface area contributed by atoms with Gasteiger partial charge in [0.05, 0.1) is 23.9 Å². The number of methoxy groups -OCH3 is 1. The van der Waals surface area contributed by atoms with Crippen molar-refractivity contribution in [3.63, 3.8) is 0 Å². The number of halogens is 1. The van der Waals surface area contributed by atoms with Gasteiger partial charge in [0.1, 0.15) is 5.75 Å². The van der Waals surface area contributed by atoms with Crippen LogP contribution in [-0.2, 0) is 7.05 Å². The molecule has 1 aromatic carbocycles.